The summed E-state index contributed by atoms with van der Waals surface area (Å²) in [4.78, 5) is 13.8. The maximum atomic E-state index is 11.3. The molecule has 0 aromatic carbocycles. The average Bonchev–Trinajstić information content (AvgIpc) is 2.72. The number of hydrogen-bond donors (Lipinski definition) is 2. The van der Waals surface area contributed by atoms with Crippen molar-refractivity contribution in [3.05, 3.63) is 16.3 Å². The fourth-order valence-corrected chi connectivity index (χ4v) is 1.85. The van der Waals surface area contributed by atoms with Gasteiger partial charge in [0, 0.05) is 0 Å². The van der Waals surface area contributed by atoms with Crippen LogP contribution in [0.2, 0.25) is 0 Å². The van der Waals surface area contributed by atoms with Crippen LogP contribution in [0.4, 0.5) is 0 Å². The van der Waals surface area contributed by atoms with E-state index in [1.165, 1.54) is 17.5 Å². The minimum Gasteiger partial charge on any atom is -0.388 e. The molecule has 0 spiro atoms. The zero-order chi connectivity index (χ0) is 9.26. The number of nitrogens with zero attached hydrogens (tertiary/aromatic N) is 2. The molecule has 13 heavy (non-hydrogen) atoms. The van der Waals surface area contributed by atoms with Crippen molar-refractivity contribution in [3.63, 3.8) is 0 Å². The highest BCUT2D eigenvalue weighted by Crippen LogP contribution is 2.27. The van der Waals surface area contributed by atoms with E-state index < -0.39 is 0 Å². The van der Waals surface area contributed by atoms with Crippen molar-refractivity contribution in [1.29, 1.82) is 0 Å². The van der Waals surface area contributed by atoms with E-state index in [2.05, 4.69) is 10.1 Å². The molecule has 0 bridgehead atoms. The molecule has 0 unspecified atom stereocenters. The van der Waals surface area contributed by atoms with Gasteiger partial charge in [0.15, 0.2) is 5.82 Å². The summed E-state index contributed by atoms with van der Waals surface area (Å²) in [5, 5.41) is 12.8. The van der Waals surface area contributed by atoms with Crippen LogP contribution in [0.5, 0.6) is 0 Å². The topological polar surface area (TPSA) is 70.9 Å². The Balaban J connectivity index is 2.28. The SMILES string of the molecule is O=c1[nH]c(CO)nn1C1CCCC1. The Kier molecular flexibility index (Phi) is 2.18. The van der Waals surface area contributed by atoms with Gasteiger partial charge < -0.3 is 5.11 Å². The van der Waals surface area contributed by atoms with Gasteiger partial charge in [-0.15, -0.1) is 0 Å². The van der Waals surface area contributed by atoms with Gasteiger partial charge in [-0.25, -0.2) is 9.48 Å². The minimum absolute atomic E-state index is 0.198. The smallest absolute Gasteiger partial charge is 0.343 e. The number of rotatable bonds is 2. The number of aliphatic hydroxyl groups is 1. The van der Waals surface area contributed by atoms with E-state index in [0.717, 1.165) is 12.8 Å². The third-order valence-corrected chi connectivity index (χ3v) is 2.51. The molecule has 1 aromatic rings. The number of nitrogens with one attached hydrogen (secondary N) is 1. The molecule has 1 fully saturated rings. The molecule has 1 heterocycles. The van der Waals surface area contributed by atoms with Gasteiger partial charge in [-0.2, -0.15) is 5.10 Å². The van der Waals surface area contributed by atoms with E-state index in [-0.39, 0.29) is 18.3 Å². The number of aromatic nitrogens is 3. The van der Waals surface area contributed by atoms with E-state index >= 15 is 0 Å². The first-order chi connectivity index (χ1) is 6.31. The summed E-state index contributed by atoms with van der Waals surface area (Å²) in [5.41, 5.74) is -0.198. The summed E-state index contributed by atoms with van der Waals surface area (Å²) in [7, 11) is 0. The second kappa shape index (κ2) is 3.33. The fraction of sp³-hybridized carbons (Fsp3) is 0.750. The van der Waals surface area contributed by atoms with Crippen molar-refractivity contribution < 1.29 is 5.11 Å². The molecule has 2 rings (SSSR count). The van der Waals surface area contributed by atoms with Crippen LogP contribution in [0.15, 0.2) is 4.79 Å². The summed E-state index contributed by atoms with van der Waals surface area (Å²) in [6.45, 7) is -0.199. The zero-order valence-electron chi connectivity index (χ0n) is 7.36. The lowest BCUT2D eigenvalue weighted by molar-refractivity contribution is 0.269. The van der Waals surface area contributed by atoms with Gasteiger partial charge in [0.25, 0.3) is 0 Å². The van der Waals surface area contributed by atoms with Gasteiger partial charge in [-0.3, -0.25) is 4.98 Å². The normalized spacial score (nSPS) is 18.2. The molecule has 0 atom stereocenters. The van der Waals surface area contributed by atoms with Crippen molar-refractivity contribution in [1.82, 2.24) is 14.8 Å². The Hall–Kier alpha value is -1.10. The van der Waals surface area contributed by atoms with E-state index in [9.17, 15) is 4.79 Å². The van der Waals surface area contributed by atoms with E-state index in [1.54, 1.807) is 0 Å². The maximum absolute atomic E-state index is 11.3. The molecule has 0 amide bonds. The van der Waals surface area contributed by atoms with Crippen LogP contribution < -0.4 is 5.69 Å². The summed E-state index contributed by atoms with van der Waals surface area (Å²) in [5.74, 6) is 0.358. The molecule has 1 aromatic heterocycles. The van der Waals surface area contributed by atoms with Crippen LogP contribution in [-0.2, 0) is 6.61 Å². The molecular weight excluding hydrogens is 170 g/mol. The second-order valence-electron chi connectivity index (χ2n) is 3.42. The van der Waals surface area contributed by atoms with Gasteiger partial charge in [-0.05, 0) is 12.8 Å². The molecular formula is C8H13N3O2. The summed E-state index contributed by atoms with van der Waals surface area (Å²) in [6.07, 6.45) is 4.38. The standard InChI is InChI=1S/C8H13N3O2/c12-5-7-9-8(13)11(10-7)6-3-1-2-4-6/h6,12H,1-5H2,(H,9,10,13). The largest absolute Gasteiger partial charge is 0.388 e. The molecule has 0 radical (unpaired) electrons. The minimum atomic E-state index is -0.199. The lowest BCUT2D eigenvalue weighted by Crippen LogP contribution is -2.21. The summed E-state index contributed by atoms with van der Waals surface area (Å²) < 4.78 is 1.47. The van der Waals surface area contributed by atoms with Crippen molar-refractivity contribution in [2.45, 2.75) is 38.3 Å². The van der Waals surface area contributed by atoms with Crippen LogP contribution in [0.1, 0.15) is 37.5 Å². The highest BCUT2D eigenvalue weighted by molar-refractivity contribution is 4.83. The van der Waals surface area contributed by atoms with Crippen molar-refractivity contribution in [2.75, 3.05) is 0 Å². The van der Waals surface area contributed by atoms with Gasteiger partial charge >= 0.3 is 5.69 Å². The first kappa shape index (κ1) is 8.50. The molecule has 5 nitrogen and oxygen atoms in total. The van der Waals surface area contributed by atoms with Gasteiger partial charge in [0.2, 0.25) is 0 Å². The lowest BCUT2D eigenvalue weighted by atomic mass is 10.3. The highest BCUT2D eigenvalue weighted by Gasteiger charge is 2.20. The van der Waals surface area contributed by atoms with E-state index in [1.807, 2.05) is 0 Å². The quantitative estimate of drug-likeness (QED) is 0.687. The molecule has 0 saturated heterocycles. The van der Waals surface area contributed by atoms with Crippen molar-refractivity contribution in [3.8, 4) is 0 Å². The highest BCUT2D eigenvalue weighted by atomic mass is 16.3. The van der Waals surface area contributed by atoms with Crippen molar-refractivity contribution >= 4 is 0 Å². The molecule has 0 aliphatic heterocycles. The van der Waals surface area contributed by atoms with E-state index in [4.69, 9.17) is 5.11 Å². The summed E-state index contributed by atoms with van der Waals surface area (Å²) >= 11 is 0. The number of aliphatic hydroxyl groups excluding tert-OH is 1. The third-order valence-electron chi connectivity index (χ3n) is 2.51. The number of H-pyrrole nitrogens is 1. The van der Waals surface area contributed by atoms with Crippen molar-refractivity contribution in [2.24, 2.45) is 0 Å². The molecule has 1 aliphatic carbocycles. The molecule has 72 valence electrons. The predicted octanol–water partition coefficient (Wildman–Crippen LogP) is 0.179. The number of aromatic amines is 1. The Bertz CT molecular complexity index is 335. The first-order valence-corrected chi connectivity index (χ1v) is 4.60. The Morgan fingerprint density at radius 2 is 2.23 bits per heavy atom. The van der Waals surface area contributed by atoms with Crippen LogP contribution in [0, 0.1) is 0 Å². The van der Waals surface area contributed by atoms with Gasteiger partial charge in [0.1, 0.15) is 6.61 Å². The second-order valence-corrected chi connectivity index (χ2v) is 3.42. The van der Waals surface area contributed by atoms with Crippen LogP contribution in [0.25, 0.3) is 0 Å². The Morgan fingerprint density at radius 3 is 2.77 bits per heavy atom. The molecule has 1 saturated carbocycles. The number of hydrogen-bond acceptors (Lipinski definition) is 3. The van der Waals surface area contributed by atoms with Crippen LogP contribution in [-0.4, -0.2) is 19.9 Å². The molecule has 2 N–H and O–H groups in total. The molecule has 5 heteroatoms. The van der Waals surface area contributed by atoms with Gasteiger partial charge in [0.05, 0.1) is 6.04 Å². The fourth-order valence-electron chi connectivity index (χ4n) is 1.85. The average molecular weight is 183 g/mol. The summed E-state index contributed by atoms with van der Waals surface area (Å²) in [6, 6.07) is 0.240. The maximum Gasteiger partial charge on any atom is 0.343 e. The Morgan fingerprint density at radius 1 is 1.54 bits per heavy atom. The van der Waals surface area contributed by atoms with Gasteiger partial charge in [-0.1, -0.05) is 12.8 Å². The predicted molar refractivity (Wildman–Crippen MR) is 46.3 cm³/mol. The first-order valence-electron chi connectivity index (χ1n) is 4.60. The van der Waals surface area contributed by atoms with Crippen LogP contribution in [0.3, 0.4) is 0 Å². The Labute approximate surface area is 75.4 Å². The third kappa shape index (κ3) is 1.51. The monoisotopic (exact) mass is 183 g/mol. The van der Waals surface area contributed by atoms with E-state index in [0.29, 0.717) is 5.82 Å². The molecule has 1 aliphatic rings. The van der Waals surface area contributed by atoms with Crippen LogP contribution >= 0.6 is 0 Å². The zero-order valence-corrected chi connectivity index (χ0v) is 7.36. The lowest BCUT2D eigenvalue weighted by Gasteiger charge is -2.05.